The SMILES string of the molecule is CCCN1C[C@H](COc2ccc3c(c2)C(=O)NC3)[C@H](c2ccccc2)C1. The summed E-state index contributed by atoms with van der Waals surface area (Å²) in [5, 5.41) is 2.86. The van der Waals surface area contributed by atoms with Crippen molar-refractivity contribution in [3.8, 4) is 5.75 Å². The zero-order valence-electron chi connectivity index (χ0n) is 15.3. The molecule has 4 rings (SSSR count). The number of rotatable bonds is 6. The molecule has 0 unspecified atom stereocenters. The molecule has 2 aliphatic rings. The van der Waals surface area contributed by atoms with Gasteiger partial charge in [0.1, 0.15) is 5.75 Å². The van der Waals surface area contributed by atoms with E-state index in [1.807, 2.05) is 18.2 Å². The lowest BCUT2D eigenvalue weighted by Gasteiger charge is -2.19. The van der Waals surface area contributed by atoms with E-state index in [2.05, 4.69) is 47.5 Å². The number of nitrogens with one attached hydrogen (secondary N) is 1. The molecule has 0 saturated carbocycles. The molecule has 1 N–H and O–H groups in total. The van der Waals surface area contributed by atoms with E-state index in [1.54, 1.807) is 0 Å². The third-order valence-corrected chi connectivity index (χ3v) is 5.51. The summed E-state index contributed by atoms with van der Waals surface area (Å²) >= 11 is 0. The molecule has 2 aromatic rings. The molecule has 4 heteroatoms. The lowest BCUT2D eigenvalue weighted by molar-refractivity contribution is 0.0965. The second-order valence-corrected chi connectivity index (χ2v) is 7.35. The van der Waals surface area contributed by atoms with Crippen molar-refractivity contribution in [3.05, 3.63) is 65.2 Å². The number of likely N-dealkylation sites (tertiary alicyclic amines) is 1. The van der Waals surface area contributed by atoms with Gasteiger partial charge in [0.2, 0.25) is 0 Å². The van der Waals surface area contributed by atoms with E-state index < -0.39 is 0 Å². The average Bonchev–Trinajstić information content (AvgIpc) is 3.25. The van der Waals surface area contributed by atoms with Gasteiger partial charge in [0.25, 0.3) is 5.91 Å². The van der Waals surface area contributed by atoms with Crippen LogP contribution in [0.4, 0.5) is 0 Å². The Kier molecular flexibility index (Phi) is 4.93. The van der Waals surface area contributed by atoms with Gasteiger partial charge in [-0.1, -0.05) is 43.3 Å². The quantitative estimate of drug-likeness (QED) is 0.868. The third kappa shape index (κ3) is 3.47. The molecule has 0 bridgehead atoms. The maximum Gasteiger partial charge on any atom is 0.252 e. The van der Waals surface area contributed by atoms with Gasteiger partial charge in [0.05, 0.1) is 6.61 Å². The third-order valence-electron chi connectivity index (χ3n) is 5.51. The Labute approximate surface area is 155 Å². The van der Waals surface area contributed by atoms with Crippen molar-refractivity contribution in [1.29, 1.82) is 0 Å². The van der Waals surface area contributed by atoms with Crippen LogP contribution in [0.25, 0.3) is 0 Å². The van der Waals surface area contributed by atoms with E-state index in [9.17, 15) is 4.79 Å². The summed E-state index contributed by atoms with van der Waals surface area (Å²) in [5.74, 6) is 1.76. The first kappa shape index (κ1) is 17.1. The first-order valence-corrected chi connectivity index (χ1v) is 9.56. The van der Waals surface area contributed by atoms with E-state index in [1.165, 1.54) is 12.0 Å². The Morgan fingerprint density at radius 2 is 2.00 bits per heavy atom. The largest absolute Gasteiger partial charge is 0.493 e. The fourth-order valence-electron chi connectivity index (χ4n) is 4.19. The number of fused-ring (bicyclic) bond motifs is 1. The minimum atomic E-state index is 0.00241. The molecule has 0 aromatic heterocycles. The molecule has 4 nitrogen and oxygen atoms in total. The molecule has 0 spiro atoms. The van der Waals surface area contributed by atoms with Gasteiger partial charge in [-0.15, -0.1) is 0 Å². The van der Waals surface area contributed by atoms with Crippen LogP contribution in [-0.4, -0.2) is 37.0 Å². The Bertz CT molecular complexity index is 775. The maximum atomic E-state index is 11.9. The Balaban J connectivity index is 1.47. The monoisotopic (exact) mass is 350 g/mol. The van der Waals surface area contributed by atoms with Crippen LogP contribution >= 0.6 is 0 Å². The van der Waals surface area contributed by atoms with E-state index in [-0.39, 0.29) is 5.91 Å². The van der Waals surface area contributed by atoms with Crippen LogP contribution in [0, 0.1) is 5.92 Å². The Morgan fingerprint density at radius 1 is 1.15 bits per heavy atom. The molecule has 1 saturated heterocycles. The number of carbonyl (C=O) groups excluding carboxylic acids is 1. The summed E-state index contributed by atoms with van der Waals surface area (Å²) in [5.41, 5.74) is 3.20. The normalized spacial score (nSPS) is 22.3. The van der Waals surface area contributed by atoms with Crippen molar-refractivity contribution < 1.29 is 9.53 Å². The van der Waals surface area contributed by atoms with Gasteiger partial charge in [-0.3, -0.25) is 4.79 Å². The first-order chi connectivity index (χ1) is 12.7. The Hall–Kier alpha value is -2.33. The highest BCUT2D eigenvalue weighted by atomic mass is 16.5. The fraction of sp³-hybridized carbons (Fsp3) is 0.409. The molecule has 1 fully saturated rings. The number of benzene rings is 2. The van der Waals surface area contributed by atoms with Gasteiger partial charge >= 0.3 is 0 Å². The van der Waals surface area contributed by atoms with Crippen molar-refractivity contribution in [3.63, 3.8) is 0 Å². The highest BCUT2D eigenvalue weighted by Gasteiger charge is 2.33. The molecule has 1 amide bonds. The summed E-state index contributed by atoms with van der Waals surface area (Å²) in [6.07, 6.45) is 1.18. The highest BCUT2D eigenvalue weighted by Crippen LogP contribution is 2.33. The van der Waals surface area contributed by atoms with Gasteiger partial charge in [-0.05, 0) is 36.2 Å². The van der Waals surface area contributed by atoms with Gasteiger partial charge < -0.3 is 15.0 Å². The standard InChI is InChI=1S/C22H26N2O2/c1-2-10-24-13-18(21(14-24)16-6-4-3-5-7-16)15-26-19-9-8-17-12-23-22(25)20(17)11-19/h3-9,11,18,21H,2,10,12-15H2,1H3,(H,23,25)/t18-,21+/m1/s1. The second kappa shape index (κ2) is 7.50. The number of carbonyl (C=O) groups is 1. The summed E-state index contributed by atoms with van der Waals surface area (Å²) < 4.78 is 6.14. The van der Waals surface area contributed by atoms with E-state index >= 15 is 0 Å². The van der Waals surface area contributed by atoms with Gasteiger partial charge in [-0.2, -0.15) is 0 Å². The summed E-state index contributed by atoms with van der Waals surface area (Å²) in [4.78, 5) is 14.4. The van der Waals surface area contributed by atoms with E-state index in [0.29, 0.717) is 25.0 Å². The van der Waals surface area contributed by atoms with Crippen LogP contribution in [-0.2, 0) is 6.54 Å². The molecule has 0 radical (unpaired) electrons. The highest BCUT2D eigenvalue weighted by molar-refractivity contribution is 5.98. The van der Waals surface area contributed by atoms with Crippen LogP contribution in [0.15, 0.2) is 48.5 Å². The molecular weight excluding hydrogens is 324 g/mol. The van der Waals surface area contributed by atoms with Crippen LogP contribution < -0.4 is 10.1 Å². The topological polar surface area (TPSA) is 41.6 Å². The minimum absolute atomic E-state index is 0.00241. The van der Waals surface area contributed by atoms with Gasteiger partial charge in [0.15, 0.2) is 0 Å². The molecule has 136 valence electrons. The molecule has 2 heterocycles. The first-order valence-electron chi connectivity index (χ1n) is 9.56. The number of ether oxygens (including phenoxy) is 1. The number of hydrogen-bond donors (Lipinski definition) is 1. The van der Waals surface area contributed by atoms with E-state index in [4.69, 9.17) is 4.74 Å². The molecule has 26 heavy (non-hydrogen) atoms. The smallest absolute Gasteiger partial charge is 0.252 e. The van der Waals surface area contributed by atoms with Crippen molar-refractivity contribution in [1.82, 2.24) is 10.2 Å². The van der Waals surface area contributed by atoms with Crippen LogP contribution in [0.2, 0.25) is 0 Å². The lowest BCUT2D eigenvalue weighted by atomic mass is 9.89. The van der Waals surface area contributed by atoms with Crippen molar-refractivity contribution in [2.45, 2.75) is 25.8 Å². The van der Waals surface area contributed by atoms with Crippen molar-refractivity contribution in [2.75, 3.05) is 26.2 Å². The lowest BCUT2D eigenvalue weighted by Crippen LogP contribution is -2.23. The molecular formula is C22H26N2O2. The van der Waals surface area contributed by atoms with Crippen LogP contribution in [0.5, 0.6) is 5.75 Å². The zero-order chi connectivity index (χ0) is 17.9. The average molecular weight is 350 g/mol. The van der Waals surface area contributed by atoms with Gasteiger partial charge in [0, 0.05) is 37.0 Å². The fourth-order valence-corrected chi connectivity index (χ4v) is 4.19. The predicted molar refractivity (Wildman–Crippen MR) is 103 cm³/mol. The van der Waals surface area contributed by atoms with Crippen molar-refractivity contribution in [2.24, 2.45) is 5.92 Å². The van der Waals surface area contributed by atoms with Gasteiger partial charge in [-0.25, -0.2) is 0 Å². The molecule has 2 aliphatic heterocycles. The van der Waals surface area contributed by atoms with Crippen LogP contribution in [0.1, 0.15) is 40.7 Å². The molecule has 2 aromatic carbocycles. The Morgan fingerprint density at radius 3 is 2.81 bits per heavy atom. The van der Waals surface area contributed by atoms with Crippen LogP contribution in [0.3, 0.4) is 0 Å². The summed E-state index contributed by atoms with van der Waals surface area (Å²) in [6, 6.07) is 16.6. The second-order valence-electron chi connectivity index (χ2n) is 7.35. The van der Waals surface area contributed by atoms with Crippen molar-refractivity contribution >= 4 is 5.91 Å². The van der Waals surface area contributed by atoms with E-state index in [0.717, 1.165) is 36.5 Å². The molecule has 0 aliphatic carbocycles. The summed E-state index contributed by atoms with van der Waals surface area (Å²) in [6.45, 7) is 6.84. The maximum absolute atomic E-state index is 11.9. The zero-order valence-corrected chi connectivity index (χ0v) is 15.3. The summed E-state index contributed by atoms with van der Waals surface area (Å²) in [7, 11) is 0. The number of amides is 1. The molecule has 2 atom stereocenters. The minimum Gasteiger partial charge on any atom is -0.493 e. The predicted octanol–water partition coefficient (Wildman–Crippen LogP) is 3.43. The number of nitrogens with zero attached hydrogens (tertiary/aromatic N) is 1. The number of hydrogen-bond acceptors (Lipinski definition) is 3.